The van der Waals surface area contributed by atoms with Gasteiger partial charge in [-0.3, -0.25) is 0 Å². The second-order valence-electron chi connectivity index (χ2n) is 5.13. The lowest BCUT2D eigenvalue weighted by molar-refractivity contribution is -0.00903. The summed E-state index contributed by atoms with van der Waals surface area (Å²) in [6.45, 7) is 6.24. The van der Waals surface area contributed by atoms with E-state index in [1.54, 1.807) is 0 Å². The lowest BCUT2D eigenvalue weighted by Gasteiger charge is -2.36. The predicted molar refractivity (Wildman–Crippen MR) is 65.0 cm³/mol. The summed E-state index contributed by atoms with van der Waals surface area (Å²) < 4.78 is 0. The average Bonchev–Trinajstić information content (AvgIpc) is 2.23. The highest BCUT2D eigenvalue weighted by Crippen LogP contribution is 2.33. The molecule has 0 unspecified atom stereocenters. The van der Waals surface area contributed by atoms with E-state index in [4.69, 9.17) is 0 Å². The molecular formula is C13H27NO. The molecule has 1 fully saturated rings. The Hall–Kier alpha value is -0.0800. The molecule has 1 aliphatic rings. The third-order valence-electron chi connectivity index (χ3n) is 3.61. The van der Waals surface area contributed by atoms with Gasteiger partial charge in [0.25, 0.3) is 0 Å². The van der Waals surface area contributed by atoms with Crippen LogP contribution >= 0.6 is 0 Å². The van der Waals surface area contributed by atoms with Gasteiger partial charge in [0, 0.05) is 6.54 Å². The van der Waals surface area contributed by atoms with Crippen LogP contribution in [0.2, 0.25) is 0 Å². The van der Waals surface area contributed by atoms with Crippen LogP contribution < -0.4 is 5.32 Å². The van der Waals surface area contributed by atoms with Gasteiger partial charge in [-0.25, -0.2) is 0 Å². The van der Waals surface area contributed by atoms with Crippen molar-refractivity contribution < 1.29 is 5.11 Å². The lowest BCUT2D eigenvalue weighted by Crippen LogP contribution is -2.43. The minimum absolute atomic E-state index is 0.403. The van der Waals surface area contributed by atoms with Crippen LogP contribution in [0.25, 0.3) is 0 Å². The van der Waals surface area contributed by atoms with Gasteiger partial charge in [0.1, 0.15) is 0 Å². The molecule has 0 bridgehead atoms. The smallest absolute Gasteiger partial charge is 0.0771 e. The third-order valence-corrected chi connectivity index (χ3v) is 3.61. The van der Waals surface area contributed by atoms with Crippen molar-refractivity contribution >= 4 is 0 Å². The summed E-state index contributed by atoms with van der Waals surface area (Å²) in [5, 5.41) is 13.7. The van der Waals surface area contributed by atoms with E-state index in [-0.39, 0.29) is 0 Å². The van der Waals surface area contributed by atoms with Gasteiger partial charge in [-0.05, 0) is 44.6 Å². The molecule has 0 saturated heterocycles. The van der Waals surface area contributed by atoms with Gasteiger partial charge in [0.2, 0.25) is 0 Å². The summed E-state index contributed by atoms with van der Waals surface area (Å²) >= 11 is 0. The van der Waals surface area contributed by atoms with Crippen LogP contribution in [0, 0.1) is 5.92 Å². The molecule has 90 valence electrons. The Labute approximate surface area is 94.5 Å². The first kappa shape index (κ1) is 13.0. The molecule has 0 radical (unpaired) electrons. The molecular weight excluding hydrogens is 186 g/mol. The minimum atomic E-state index is -0.403. The van der Waals surface area contributed by atoms with Crippen molar-refractivity contribution in [2.24, 2.45) is 5.92 Å². The zero-order valence-corrected chi connectivity index (χ0v) is 10.4. The van der Waals surface area contributed by atoms with Crippen LogP contribution in [0.3, 0.4) is 0 Å². The molecule has 0 amide bonds. The fourth-order valence-corrected chi connectivity index (χ4v) is 2.59. The maximum atomic E-state index is 10.3. The molecule has 1 rings (SSSR count). The van der Waals surface area contributed by atoms with Crippen LogP contribution in [0.4, 0.5) is 0 Å². The second kappa shape index (κ2) is 6.49. The van der Waals surface area contributed by atoms with Crippen LogP contribution in [0.15, 0.2) is 0 Å². The number of hydrogen-bond acceptors (Lipinski definition) is 2. The Balaban J connectivity index is 2.21. The molecule has 1 aliphatic carbocycles. The topological polar surface area (TPSA) is 32.3 Å². The van der Waals surface area contributed by atoms with E-state index in [1.165, 1.54) is 25.7 Å². The molecule has 2 heteroatoms. The Morgan fingerprint density at radius 2 is 1.87 bits per heavy atom. The summed E-state index contributed by atoms with van der Waals surface area (Å²) in [7, 11) is 0. The van der Waals surface area contributed by atoms with Crippen LogP contribution in [-0.4, -0.2) is 23.8 Å². The first-order valence-corrected chi connectivity index (χ1v) is 6.63. The number of rotatable bonds is 6. The van der Waals surface area contributed by atoms with E-state index in [0.29, 0.717) is 0 Å². The molecule has 0 aromatic heterocycles. The molecule has 2 N–H and O–H groups in total. The van der Waals surface area contributed by atoms with Gasteiger partial charge in [-0.1, -0.05) is 26.7 Å². The Bertz CT molecular complexity index is 162. The van der Waals surface area contributed by atoms with Gasteiger partial charge in [-0.15, -0.1) is 0 Å². The normalized spacial score (nSPS) is 31.8. The van der Waals surface area contributed by atoms with Crippen molar-refractivity contribution in [1.82, 2.24) is 5.32 Å². The Kier molecular flexibility index (Phi) is 5.62. The fraction of sp³-hybridized carbons (Fsp3) is 1.00. The van der Waals surface area contributed by atoms with E-state index in [1.807, 2.05) is 0 Å². The molecule has 1 saturated carbocycles. The zero-order chi connectivity index (χ0) is 11.1. The third kappa shape index (κ3) is 4.52. The van der Waals surface area contributed by atoms with Gasteiger partial charge in [0.05, 0.1) is 5.60 Å². The summed E-state index contributed by atoms with van der Waals surface area (Å²) in [5.41, 5.74) is -0.403. The summed E-state index contributed by atoms with van der Waals surface area (Å²) in [6, 6.07) is 0. The highest BCUT2D eigenvalue weighted by atomic mass is 16.3. The molecule has 0 aromatic carbocycles. The Morgan fingerprint density at radius 1 is 1.20 bits per heavy atom. The van der Waals surface area contributed by atoms with E-state index >= 15 is 0 Å². The first-order valence-electron chi connectivity index (χ1n) is 6.63. The standard InChI is InChI=1S/C13H27NO/c1-3-5-12-6-8-13(15,9-7-12)11-14-10-4-2/h12,14-15H,3-11H2,1-2H3. The van der Waals surface area contributed by atoms with E-state index in [0.717, 1.165) is 38.3 Å². The molecule has 0 spiro atoms. The Morgan fingerprint density at radius 3 is 2.40 bits per heavy atom. The van der Waals surface area contributed by atoms with Crippen molar-refractivity contribution in [3.8, 4) is 0 Å². The van der Waals surface area contributed by atoms with Gasteiger partial charge < -0.3 is 10.4 Å². The summed E-state index contributed by atoms with van der Waals surface area (Å²) in [4.78, 5) is 0. The maximum Gasteiger partial charge on any atom is 0.0771 e. The highest BCUT2D eigenvalue weighted by Gasteiger charge is 2.32. The van der Waals surface area contributed by atoms with Crippen molar-refractivity contribution in [1.29, 1.82) is 0 Å². The molecule has 15 heavy (non-hydrogen) atoms. The number of aliphatic hydroxyl groups is 1. The lowest BCUT2D eigenvalue weighted by atomic mass is 9.77. The second-order valence-corrected chi connectivity index (χ2v) is 5.13. The molecule has 0 atom stereocenters. The maximum absolute atomic E-state index is 10.3. The number of nitrogens with one attached hydrogen (secondary N) is 1. The van der Waals surface area contributed by atoms with Crippen molar-refractivity contribution in [3.05, 3.63) is 0 Å². The molecule has 0 heterocycles. The van der Waals surface area contributed by atoms with Crippen molar-refractivity contribution in [2.75, 3.05) is 13.1 Å². The van der Waals surface area contributed by atoms with Crippen LogP contribution in [0.5, 0.6) is 0 Å². The molecule has 0 aliphatic heterocycles. The highest BCUT2D eigenvalue weighted by molar-refractivity contribution is 4.87. The predicted octanol–water partition coefficient (Wildman–Crippen LogP) is 2.71. The minimum Gasteiger partial charge on any atom is -0.389 e. The summed E-state index contributed by atoms with van der Waals surface area (Å²) in [5.74, 6) is 0.876. The quantitative estimate of drug-likeness (QED) is 0.665. The van der Waals surface area contributed by atoms with Gasteiger partial charge >= 0.3 is 0 Å². The van der Waals surface area contributed by atoms with Gasteiger partial charge in [-0.2, -0.15) is 0 Å². The van der Waals surface area contributed by atoms with Crippen LogP contribution in [-0.2, 0) is 0 Å². The van der Waals surface area contributed by atoms with E-state index < -0.39 is 5.60 Å². The van der Waals surface area contributed by atoms with Gasteiger partial charge in [0.15, 0.2) is 0 Å². The van der Waals surface area contributed by atoms with Crippen molar-refractivity contribution in [3.63, 3.8) is 0 Å². The molecule has 2 nitrogen and oxygen atoms in total. The monoisotopic (exact) mass is 213 g/mol. The SMILES string of the molecule is CCCNCC1(O)CCC(CCC)CC1. The van der Waals surface area contributed by atoms with E-state index in [2.05, 4.69) is 19.2 Å². The molecule has 0 aromatic rings. The largest absolute Gasteiger partial charge is 0.389 e. The van der Waals surface area contributed by atoms with Crippen LogP contribution in [0.1, 0.15) is 58.8 Å². The first-order chi connectivity index (χ1) is 7.20. The van der Waals surface area contributed by atoms with E-state index in [9.17, 15) is 5.11 Å². The number of hydrogen-bond donors (Lipinski definition) is 2. The van der Waals surface area contributed by atoms with Crippen molar-refractivity contribution in [2.45, 2.75) is 64.4 Å². The average molecular weight is 213 g/mol. The summed E-state index contributed by atoms with van der Waals surface area (Å²) in [6.07, 6.45) is 8.21. The zero-order valence-electron chi connectivity index (χ0n) is 10.4. The fourth-order valence-electron chi connectivity index (χ4n) is 2.59.